The minimum atomic E-state index is -0.670. The molecule has 1 aromatic carbocycles. The molecule has 0 unspecified atom stereocenters. The van der Waals surface area contributed by atoms with Gasteiger partial charge in [-0.15, -0.1) is 11.3 Å². The molecule has 1 saturated heterocycles. The Balaban J connectivity index is 2.03. The van der Waals surface area contributed by atoms with Crippen LogP contribution < -0.4 is 10.2 Å². The van der Waals surface area contributed by atoms with Gasteiger partial charge >= 0.3 is 7.12 Å². The Morgan fingerprint density at radius 2 is 1.79 bits per heavy atom. The van der Waals surface area contributed by atoms with E-state index in [0.717, 1.165) is 9.88 Å². The van der Waals surface area contributed by atoms with Crippen molar-refractivity contribution in [1.29, 1.82) is 0 Å². The molecule has 0 amide bonds. The van der Waals surface area contributed by atoms with Crippen LogP contribution in [0.5, 0.6) is 5.75 Å². The summed E-state index contributed by atoms with van der Waals surface area (Å²) in [7, 11) is 0.889. The molecule has 24 heavy (non-hydrogen) atoms. The first-order chi connectivity index (χ1) is 11.1. The molecule has 2 aromatic rings. The number of aromatic nitrogens is 1. The fraction of sp³-hybridized carbons (Fsp3) is 0.471. The third-order valence-corrected chi connectivity index (χ3v) is 5.66. The van der Waals surface area contributed by atoms with E-state index >= 15 is 0 Å². The van der Waals surface area contributed by atoms with Gasteiger partial charge < -0.3 is 14.0 Å². The van der Waals surface area contributed by atoms with Crippen molar-refractivity contribution in [2.24, 2.45) is 0 Å². The van der Waals surface area contributed by atoms with Crippen LogP contribution in [0.25, 0.3) is 10.4 Å². The predicted octanol–water partition coefficient (Wildman–Crippen LogP) is 3.57. The lowest BCUT2D eigenvalue weighted by Crippen LogP contribution is -2.41. The van der Waals surface area contributed by atoms with Crippen LogP contribution in [0.4, 0.5) is 4.39 Å². The second-order valence-corrected chi connectivity index (χ2v) is 8.14. The van der Waals surface area contributed by atoms with E-state index in [9.17, 15) is 4.39 Å². The SMILES string of the molecule is COc1cc(-c2cnc(C)s2)c(F)cc1B1OC(C)(C)C(C)(C)O1. The van der Waals surface area contributed by atoms with Gasteiger partial charge in [0.1, 0.15) is 11.6 Å². The van der Waals surface area contributed by atoms with Crippen molar-refractivity contribution in [1.82, 2.24) is 4.98 Å². The minimum absolute atomic E-state index is 0.343. The quantitative estimate of drug-likeness (QED) is 0.795. The highest BCUT2D eigenvalue weighted by atomic mass is 32.1. The fourth-order valence-electron chi connectivity index (χ4n) is 2.57. The van der Waals surface area contributed by atoms with Gasteiger partial charge in [0, 0.05) is 17.2 Å². The first-order valence-corrected chi connectivity index (χ1v) is 8.62. The van der Waals surface area contributed by atoms with Gasteiger partial charge in [0.05, 0.1) is 28.2 Å². The van der Waals surface area contributed by atoms with E-state index < -0.39 is 18.3 Å². The van der Waals surface area contributed by atoms with Crippen LogP contribution in [0.2, 0.25) is 0 Å². The molecule has 1 aromatic heterocycles. The first kappa shape index (κ1) is 17.4. The normalized spacial score (nSPS) is 18.9. The van der Waals surface area contributed by atoms with Gasteiger partial charge in [-0.25, -0.2) is 9.37 Å². The summed E-state index contributed by atoms with van der Waals surface area (Å²) in [5, 5.41) is 0.887. The molecule has 0 atom stereocenters. The molecule has 4 nitrogen and oxygen atoms in total. The molecule has 0 N–H and O–H groups in total. The Bertz CT molecular complexity index is 759. The maximum Gasteiger partial charge on any atom is 0.498 e. The zero-order valence-corrected chi connectivity index (χ0v) is 15.6. The van der Waals surface area contributed by atoms with E-state index in [-0.39, 0.29) is 5.82 Å². The molecule has 0 bridgehead atoms. The third-order valence-electron chi connectivity index (χ3n) is 4.71. The highest BCUT2D eigenvalue weighted by molar-refractivity contribution is 7.15. The summed E-state index contributed by atoms with van der Waals surface area (Å²) in [6, 6.07) is 3.12. The largest absolute Gasteiger partial charge is 0.498 e. The van der Waals surface area contributed by atoms with E-state index in [4.69, 9.17) is 14.0 Å². The van der Waals surface area contributed by atoms with Crippen molar-refractivity contribution in [3.8, 4) is 16.2 Å². The van der Waals surface area contributed by atoms with E-state index in [0.29, 0.717) is 16.8 Å². The minimum Gasteiger partial charge on any atom is -0.497 e. The van der Waals surface area contributed by atoms with Crippen molar-refractivity contribution in [2.45, 2.75) is 45.8 Å². The molecule has 0 aliphatic carbocycles. The maximum absolute atomic E-state index is 14.7. The zero-order valence-electron chi connectivity index (χ0n) is 14.8. The molecule has 1 aliphatic heterocycles. The van der Waals surface area contributed by atoms with E-state index in [2.05, 4.69) is 4.98 Å². The zero-order chi connectivity index (χ0) is 17.7. The number of aryl methyl sites for hydroxylation is 1. The van der Waals surface area contributed by atoms with Gasteiger partial charge in [-0.2, -0.15) is 0 Å². The molecule has 7 heteroatoms. The van der Waals surface area contributed by atoms with Crippen LogP contribution >= 0.6 is 11.3 Å². The van der Waals surface area contributed by atoms with Crippen LogP contribution in [-0.4, -0.2) is 30.4 Å². The molecule has 3 rings (SSSR count). The van der Waals surface area contributed by atoms with Crippen molar-refractivity contribution < 1.29 is 18.4 Å². The Kier molecular flexibility index (Phi) is 4.22. The van der Waals surface area contributed by atoms with Gasteiger partial charge in [0.15, 0.2) is 0 Å². The molecule has 1 aliphatic rings. The third kappa shape index (κ3) is 2.85. The van der Waals surface area contributed by atoms with Gasteiger partial charge in [0.2, 0.25) is 0 Å². The van der Waals surface area contributed by atoms with Crippen molar-refractivity contribution in [3.63, 3.8) is 0 Å². The Hall–Kier alpha value is -1.44. The molecular formula is C17H21BFNO3S. The standard InChI is InChI=1S/C17H21BFNO3S/c1-10-20-9-15(24-10)11-7-14(21-6)12(8-13(11)19)18-22-16(2,3)17(4,5)23-18/h7-9H,1-6H3. The van der Waals surface area contributed by atoms with E-state index in [1.165, 1.54) is 17.4 Å². The average Bonchev–Trinajstić information content (AvgIpc) is 3.00. The summed E-state index contributed by atoms with van der Waals surface area (Å²) in [6.07, 6.45) is 1.67. The average molecular weight is 349 g/mol. The second-order valence-electron chi connectivity index (χ2n) is 6.91. The molecule has 0 spiro atoms. The number of ether oxygens (including phenoxy) is 1. The maximum atomic E-state index is 14.7. The molecule has 128 valence electrons. The number of hydrogen-bond acceptors (Lipinski definition) is 5. The number of thiazole rings is 1. The number of methoxy groups -OCH3 is 1. The molecule has 0 saturated carbocycles. The number of halogens is 1. The number of benzene rings is 1. The van der Waals surface area contributed by atoms with Crippen LogP contribution in [0.3, 0.4) is 0 Å². The summed E-state index contributed by atoms with van der Waals surface area (Å²) < 4.78 is 32.2. The van der Waals surface area contributed by atoms with Gasteiger partial charge in [-0.05, 0) is 46.8 Å². The Morgan fingerprint density at radius 3 is 2.29 bits per heavy atom. The van der Waals surface area contributed by atoms with Gasteiger partial charge in [0.25, 0.3) is 0 Å². The number of nitrogens with zero attached hydrogens (tertiary/aromatic N) is 1. The van der Waals surface area contributed by atoms with Crippen molar-refractivity contribution >= 4 is 23.9 Å². The first-order valence-electron chi connectivity index (χ1n) is 7.80. The summed E-state index contributed by atoms with van der Waals surface area (Å²) in [4.78, 5) is 4.96. The van der Waals surface area contributed by atoms with Crippen LogP contribution in [0.15, 0.2) is 18.3 Å². The lowest BCUT2D eigenvalue weighted by molar-refractivity contribution is 0.00578. The van der Waals surface area contributed by atoms with Crippen molar-refractivity contribution in [3.05, 3.63) is 29.2 Å². The van der Waals surface area contributed by atoms with Crippen LogP contribution in [0, 0.1) is 12.7 Å². The van der Waals surface area contributed by atoms with Crippen molar-refractivity contribution in [2.75, 3.05) is 7.11 Å². The summed E-state index contributed by atoms with van der Waals surface area (Å²) in [6.45, 7) is 9.74. The van der Waals surface area contributed by atoms with Crippen LogP contribution in [0.1, 0.15) is 32.7 Å². The monoisotopic (exact) mass is 349 g/mol. The second kappa shape index (κ2) is 5.83. The Labute approximate surface area is 146 Å². The molecular weight excluding hydrogens is 328 g/mol. The summed E-state index contributed by atoms with van der Waals surface area (Å²) in [5.41, 5.74) is 0.0375. The molecule has 1 fully saturated rings. The lowest BCUT2D eigenvalue weighted by atomic mass is 9.77. The topological polar surface area (TPSA) is 40.6 Å². The smallest absolute Gasteiger partial charge is 0.497 e. The molecule has 2 heterocycles. The fourth-order valence-corrected chi connectivity index (χ4v) is 3.37. The Morgan fingerprint density at radius 1 is 1.17 bits per heavy atom. The number of hydrogen-bond donors (Lipinski definition) is 0. The lowest BCUT2D eigenvalue weighted by Gasteiger charge is -2.32. The number of rotatable bonds is 3. The predicted molar refractivity (Wildman–Crippen MR) is 94.5 cm³/mol. The van der Waals surface area contributed by atoms with E-state index in [1.807, 2.05) is 34.6 Å². The van der Waals surface area contributed by atoms with Gasteiger partial charge in [-0.3, -0.25) is 0 Å². The van der Waals surface area contributed by atoms with Gasteiger partial charge in [-0.1, -0.05) is 0 Å². The summed E-state index contributed by atoms with van der Waals surface area (Å²) in [5.74, 6) is 0.195. The van der Waals surface area contributed by atoms with E-state index in [1.54, 1.807) is 19.4 Å². The highest BCUT2D eigenvalue weighted by Gasteiger charge is 2.52. The highest BCUT2D eigenvalue weighted by Crippen LogP contribution is 2.38. The summed E-state index contributed by atoms with van der Waals surface area (Å²) >= 11 is 1.44. The van der Waals surface area contributed by atoms with Crippen LogP contribution in [-0.2, 0) is 9.31 Å². The molecule has 0 radical (unpaired) electrons.